The largest absolute Gasteiger partial charge is 0.506 e. The maximum absolute atomic E-state index is 13.8. The first-order chi connectivity index (χ1) is 27.6. The molecule has 7 rings (SSSR count). The number of carbonyl (C=O) groups is 3. The second-order valence-electron chi connectivity index (χ2n) is 14.5. The number of likely N-dealkylation sites (tertiary alicyclic amines) is 1. The number of carboxylic acids is 1. The number of pyridine rings is 1. The molecule has 57 heavy (non-hydrogen) atoms. The number of carbonyl (C=O) groups excluding carboxylic acids is 2. The lowest BCUT2D eigenvalue weighted by molar-refractivity contribution is -0.145. The molecule has 11 nitrogen and oxygen atoms in total. The Labute approximate surface area is 329 Å². The smallest absolute Gasteiger partial charge is 0.314 e. The van der Waals surface area contributed by atoms with Crippen molar-refractivity contribution in [3.05, 3.63) is 183 Å². The summed E-state index contributed by atoms with van der Waals surface area (Å²) >= 11 is 0. The Kier molecular flexibility index (Phi) is 11.6. The Hall–Kier alpha value is -6.56. The minimum absolute atomic E-state index is 0.0640. The third kappa shape index (κ3) is 8.65. The fourth-order valence-electron chi connectivity index (χ4n) is 7.59. The number of aromatic hydroxyl groups is 1. The predicted molar refractivity (Wildman–Crippen MR) is 217 cm³/mol. The zero-order valence-corrected chi connectivity index (χ0v) is 31.3. The summed E-state index contributed by atoms with van der Waals surface area (Å²) in [5.41, 5.74) is 4.10. The van der Waals surface area contributed by atoms with Crippen LogP contribution in [0.25, 0.3) is 10.9 Å². The van der Waals surface area contributed by atoms with E-state index in [1.165, 1.54) is 12.1 Å². The van der Waals surface area contributed by atoms with E-state index in [2.05, 4.69) is 10.3 Å². The highest BCUT2D eigenvalue weighted by molar-refractivity contribution is 5.95. The SMILES string of the molecule is O=C(c1ccc(CN(Cc2ccc(CNC[C@H](O)c3ccc(O)c4[nH]c(=O)ccc34)cc2)C(=O)c2ccccc2)cc1)N1CCC(C(=O)O)(c2ccccc2)CC1. The number of hydrogen-bond acceptors (Lipinski definition) is 7. The minimum atomic E-state index is -1.02. The van der Waals surface area contributed by atoms with Crippen molar-refractivity contribution in [3.63, 3.8) is 0 Å². The van der Waals surface area contributed by atoms with E-state index in [1.807, 2.05) is 84.9 Å². The number of rotatable bonds is 13. The molecule has 1 saturated heterocycles. The Morgan fingerprint density at radius 1 is 0.737 bits per heavy atom. The van der Waals surface area contributed by atoms with E-state index in [9.17, 15) is 34.5 Å². The Morgan fingerprint density at radius 3 is 1.96 bits per heavy atom. The molecule has 0 radical (unpaired) electrons. The van der Waals surface area contributed by atoms with Crippen molar-refractivity contribution in [1.29, 1.82) is 0 Å². The molecule has 1 atom stereocenters. The number of aromatic nitrogens is 1. The summed E-state index contributed by atoms with van der Waals surface area (Å²) in [7, 11) is 0. The van der Waals surface area contributed by atoms with E-state index in [-0.39, 0.29) is 35.2 Å². The van der Waals surface area contributed by atoms with Gasteiger partial charge in [0.25, 0.3) is 11.8 Å². The highest BCUT2D eigenvalue weighted by Crippen LogP contribution is 2.36. The first-order valence-corrected chi connectivity index (χ1v) is 18.9. The van der Waals surface area contributed by atoms with Crippen LogP contribution in [0.2, 0.25) is 0 Å². The molecule has 5 aromatic carbocycles. The molecular formula is C46H44N4O7. The number of phenolic OH excluding ortho intramolecular Hbond substituents is 1. The van der Waals surface area contributed by atoms with E-state index in [0.29, 0.717) is 67.6 Å². The maximum Gasteiger partial charge on any atom is 0.314 e. The summed E-state index contributed by atoms with van der Waals surface area (Å²) in [6.07, 6.45) is -0.222. The van der Waals surface area contributed by atoms with Gasteiger partial charge in [-0.25, -0.2) is 0 Å². The molecule has 0 bridgehead atoms. The number of H-pyrrole nitrogens is 1. The van der Waals surface area contributed by atoms with Crippen LogP contribution in [0.5, 0.6) is 5.75 Å². The molecule has 0 unspecified atom stereocenters. The van der Waals surface area contributed by atoms with Crippen molar-refractivity contribution in [3.8, 4) is 5.75 Å². The molecule has 1 aliphatic rings. The van der Waals surface area contributed by atoms with Gasteiger partial charge in [0.05, 0.1) is 17.0 Å². The van der Waals surface area contributed by atoms with Gasteiger partial charge in [-0.1, -0.05) is 91.0 Å². The Balaban J connectivity index is 0.979. The molecule has 0 saturated carbocycles. The molecule has 5 N–H and O–H groups in total. The van der Waals surface area contributed by atoms with Gasteiger partial charge < -0.3 is 35.4 Å². The van der Waals surface area contributed by atoms with Gasteiger partial charge in [-0.2, -0.15) is 0 Å². The molecule has 2 heterocycles. The lowest BCUT2D eigenvalue weighted by atomic mass is 9.73. The van der Waals surface area contributed by atoms with Crippen LogP contribution in [0.1, 0.15) is 67.5 Å². The van der Waals surface area contributed by atoms with Crippen LogP contribution in [0.4, 0.5) is 0 Å². The molecule has 0 spiro atoms. The summed E-state index contributed by atoms with van der Waals surface area (Å²) in [6, 6.07) is 39.5. The number of phenols is 1. The highest BCUT2D eigenvalue weighted by Gasteiger charge is 2.44. The van der Waals surface area contributed by atoms with E-state index in [1.54, 1.807) is 46.2 Å². The van der Waals surface area contributed by atoms with Gasteiger partial charge in [0.15, 0.2) is 0 Å². The summed E-state index contributed by atoms with van der Waals surface area (Å²) in [6.45, 7) is 2.04. The lowest BCUT2D eigenvalue weighted by Crippen LogP contribution is -2.49. The average Bonchev–Trinajstić information content (AvgIpc) is 3.24. The van der Waals surface area contributed by atoms with Crippen molar-refractivity contribution >= 4 is 28.7 Å². The van der Waals surface area contributed by atoms with Crippen molar-refractivity contribution in [2.45, 2.75) is 44.0 Å². The number of carboxylic acid groups (broad SMARTS) is 1. The molecule has 1 aromatic heterocycles. The minimum Gasteiger partial charge on any atom is -0.506 e. The quantitative estimate of drug-likeness (QED) is 0.0935. The molecular weight excluding hydrogens is 721 g/mol. The van der Waals surface area contributed by atoms with Crippen molar-refractivity contribution in [1.82, 2.24) is 20.1 Å². The number of hydrogen-bond donors (Lipinski definition) is 5. The van der Waals surface area contributed by atoms with E-state index in [0.717, 1.165) is 22.3 Å². The maximum atomic E-state index is 13.8. The van der Waals surface area contributed by atoms with Crippen LogP contribution in [0, 0.1) is 0 Å². The monoisotopic (exact) mass is 764 g/mol. The number of nitrogens with zero attached hydrogens (tertiary/aromatic N) is 2. The van der Waals surface area contributed by atoms with Gasteiger partial charge in [0.1, 0.15) is 5.75 Å². The van der Waals surface area contributed by atoms with E-state index < -0.39 is 17.5 Å². The molecule has 2 amide bonds. The summed E-state index contributed by atoms with van der Waals surface area (Å²) in [5.74, 6) is -1.22. The van der Waals surface area contributed by atoms with Crippen LogP contribution in [0.3, 0.4) is 0 Å². The molecule has 0 aliphatic carbocycles. The third-order valence-electron chi connectivity index (χ3n) is 10.9. The Morgan fingerprint density at radius 2 is 1.33 bits per heavy atom. The Bertz CT molecular complexity index is 2410. The number of fused-ring (bicyclic) bond motifs is 1. The van der Waals surface area contributed by atoms with Crippen molar-refractivity contribution < 1.29 is 29.7 Å². The van der Waals surface area contributed by atoms with Crippen molar-refractivity contribution in [2.24, 2.45) is 0 Å². The lowest BCUT2D eigenvalue weighted by Gasteiger charge is -2.39. The summed E-state index contributed by atoms with van der Waals surface area (Å²) in [5, 5.41) is 35.1. The summed E-state index contributed by atoms with van der Waals surface area (Å²) in [4.78, 5) is 57.6. The number of piperidine rings is 1. The topological polar surface area (TPSA) is 163 Å². The molecule has 1 aliphatic heterocycles. The van der Waals surface area contributed by atoms with E-state index >= 15 is 0 Å². The standard InChI is InChI=1S/C46H44N4O7/c51-39-21-19-37(38-20-22-41(53)48-42(38)39)40(52)28-47-27-31-11-13-32(14-12-31)29-50(44(55)34-7-3-1-4-8-34)30-33-15-17-35(18-16-33)43(54)49-25-23-46(24-26-49,45(56)57)36-9-5-2-6-10-36/h1-22,40,47,51-52H,23-30H2,(H,48,53)(H,56,57)/t40-/m0/s1. The highest BCUT2D eigenvalue weighted by atomic mass is 16.4. The van der Waals surface area contributed by atoms with Crippen LogP contribution >= 0.6 is 0 Å². The predicted octanol–water partition coefficient (Wildman–Crippen LogP) is 6.16. The normalized spacial score (nSPS) is 14.2. The summed E-state index contributed by atoms with van der Waals surface area (Å²) < 4.78 is 0. The van der Waals surface area contributed by atoms with Gasteiger partial charge in [0.2, 0.25) is 5.56 Å². The van der Waals surface area contributed by atoms with Crippen LogP contribution in [-0.4, -0.2) is 67.5 Å². The molecule has 290 valence electrons. The number of aliphatic hydroxyl groups excluding tert-OH is 1. The number of aliphatic carboxylic acids is 1. The number of benzene rings is 5. The van der Waals surface area contributed by atoms with Gasteiger partial charge in [-0.05, 0) is 77.1 Å². The van der Waals surface area contributed by atoms with E-state index in [4.69, 9.17) is 0 Å². The van der Waals surface area contributed by atoms with Gasteiger partial charge in [-0.3, -0.25) is 19.2 Å². The zero-order chi connectivity index (χ0) is 39.9. The zero-order valence-electron chi connectivity index (χ0n) is 31.3. The van der Waals surface area contributed by atoms with Crippen molar-refractivity contribution in [2.75, 3.05) is 19.6 Å². The van der Waals surface area contributed by atoms with Crippen LogP contribution in [-0.2, 0) is 29.8 Å². The van der Waals surface area contributed by atoms with Gasteiger partial charge >= 0.3 is 5.97 Å². The fraction of sp³-hybridized carbons (Fsp3) is 0.217. The van der Waals surface area contributed by atoms with Crippen LogP contribution < -0.4 is 10.9 Å². The number of aliphatic hydroxyl groups is 1. The fourth-order valence-corrected chi connectivity index (χ4v) is 7.59. The third-order valence-corrected chi connectivity index (χ3v) is 10.9. The second-order valence-corrected chi connectivity index (χ2v) is 14.5. The first kappa shape index (κ1) is 38.7. The average molecular weight is 765 g/mol. The van der Waals surface area contributed by atoms with Gasteiger partial charge in [0, 0.05) is 61.8 Å². The van der Waals surface area contributed by atoms with Gasteiger partial charge in [-0.15, -0.1) is 0 Å². The molecule has 6 aromatic rings. The van der Waals surface area contributed by atoms with Crippen LogP contribution in [0.15, 0.2) is 138 Å². The number of aromatic amines is 1. The molecule has 11 heteroatoms. The number of nitrogens with one attached hydrogen (secondary N) is 2. The first-order valence-electron chi connectivity index (χ1n) is 18.9. The second kappa shape index (κ2) is 17.1. The molecule has 1 fully saturated rings. The number of amides is 2.